The number of anilines is 1. The quantitative estimate of drug-likeness (QED) is 0.482. The lowest BCUT2D eigenvalue weighted by Gasteiger charge is -2.15. The molecule has 0 aromatic heterocycles. The molecule has 0 aliphatic rings. The summed E-state index contributed by atoms with van der Waals surface area (Å²) in [6, 6.07) is 17.0. The van der Waals surface area contributed by atoms with Gasteiger partial charge in [-0.15, -0.1) is 0 Å². The van der Waals surface area contributed by atoms with Gasteiger partial charge in [-0.2, -0.15) is 0 Å². The lowest BCUT2D eigenvalue weighted by Crippen LogP contribution is -2.16. The maximum absolute atomic E-state index is 12.8. The highest BCUT2D eigenvalue weighted by Crippen LogP contribution is 2.34. The molecule has 0 heterocycles. The van der Waals surface area contributed by atoms with Crippen molar-refractivity contribution in [2.75, 3.05) is 26.6 Å². The number of rotatable bonds is 8. The van der Waals surface area contributed by atoms with Crippen molar-refractivity contribution < 1.29 is 28.5 Å². The summed E-state index contributed by atoms with van der Waals surface area (Å²) < 4.78 is 21.0. The average molecular weight is 456 g/mol. The van der Waals surface area contributed by atoms with Crippen molar-refractivity contribution in [2.24, 2.45) is 0 Å². The number of amides is 1. The Morgan fingerprint density at radius 2 is 1.56 bits per heavy atom. The summed E-state index contributed by atoms with van der Waals surface area (Å²) >= 11 is 6.14. The van der Waals surface area contributed by atoms with Gasteiger partial charge in [0.15, 0.2) is 11.5 Å². The number of carbonyl (C=O) groups is 2. The SMILES string of the molecule is COC(=O)c1cc(OC)c(OC)cc1NC(=O)c1ccc(OCc2ccccc2Cl)cc1. The van der Waals surface area contributed by atoms with Crippen LogP contribution in [0.25, 0.3) is 0 Å². The second-order valence-corrected chi connectivity index (χ2v) is 7.01. The van der Waals surface area contributed by atoms with Crippen LogP contribution in [0.3, 0.4) is 0 Å². The Labute approximate surface area is 190 Å². The van der Waals surface area contributed by atoms with E-state index in [2.05, 4.69) is 5.32 Å². The van der Waals surface area contributed by atoms with Crippen molar-refractivity contribution >= 4 is 29.2 Å². The Morgan fingerprint density at radius 3 is 2.19 bits per heavy atom. The molecule has 3 aromatic carbocycles. The van der Waals surface area contributed by atoms with Gasteiger partial charge >= 0.3 is 5.97 Å². The fourth-order valence-corrected chi connectivity index (χ4v) is 3.13. The minimum absolute atomic E-state index is 0.137. The third kappa shape index (κ3) is 5.31. The molecular formula is C24H22ClNO6. The van der Waals surface area contributed by atoms with Gasteiger partial charge in [0.2, 0.25) is 0 Å². The summed E-state index contributed by atoms with van der Waals surface area (Å²) in [6.45, 7) is 0.305. The van der Waals surface area contributed by atoms with Gasteiger partial charge in [0.25, 0.3) is 5.91 Å². The van der Waals surface area contributed by atoms with Crippen molar-refractivity contribution in [1.29, 1.82) is 0 Å². The van der Waals surface area contributed by atoms with Crippen molar-refractivity contribution in [1.82, 2.24) is 0 Å². The minimum Gasteiger partial charge on any atom is -0.493 e. The first-order chi connectivity index (χ1) is 15.5. The zero-order chi connectivity index (χ0) is 23.1. The smallest absolute Gasteiger partial charge is 0.340 e. The van der Waals surface area contributed by atoms with Crippen LogP contribution < -0.4 is 19.5 Å². The van der Waals surface area contributed by atoms with Gasteiger partial charge in [-0.1, -0.05) is 29.8 Å². The number of hydrogen-bond donors (Lipinski definition) is 1. The number of halogens is 1. The van der Waals surface area contributed by atoms with Gasteiger partial charge in [0.05, 0.1) is 32.6 Å². The van der Waals surface area contributed by atoms with Gasteiger partial charge in [-0.3, -0.25) is 4.79 Å². The molecule has 0 fully saturated rings. The van der Waals surface area contributed by atoms with Crippen molar-refractivity contribution in [3.8, 4) is 17.2 Å². The molecule has 7 nitrogen and oxygen atoms in total. The number of hydrogen-bond acceptors (Lipinski definition) is 6. The maximum atomic E-state index is 12.8. The van der Waals surface area contributed by atoms with E-state index in [9.17, 15) is 9.59 Å². The molecule has 166 valence electrons. The van der Waals surface area contributed by atoms with E-state index in [1.165, 1.54) is 33.5 Å². The van der Waals surface area contributed by atoms with Crippen LogP contribution >= 0.6 is 11.6 Å². The molecule has 3 rings (SSSR count). The van der Waals surface area contributed by atoms with Crippen molar-refractivity contribution in [3.63, 3.8) is 0 Å². The van der Waals surface area contributed by atoms with Crippen molar-refractivity contribution in [3.05, 3.63) is 82.4 Å². The van der Waals surface area contributed by atoms with Gasteiger partial charge < -0.3 is 24.3 Å². The number of nitrogens with one attached hydrogen (secondary N) is 1. The largest absolute Gasteiger partial charge is 0.493 e. The summed E-state index contributed by atoms with van der Waals surface area (Å²) in [5.41, 5.74) is 1.61. The molecule has 0 aliphatic heterocycles. The zero-order valence-electron chi connectivity index (χ0n) is 17.8. The summed E-state index contributed by atoms with van der Waals surface area (Å²) in [5, 5.41) is 3.34. The number of carbonyl (C=O) groups excluding carboxylic acids is 2. The monoisotopic (exact) mass is 455 g/mol. The molecule has 8 heteroatoms. The van der Waals surface area contributed by atoms with E-state index in [-0.39, 0.29) is 11.3 Å². The van der Waals surface area contributed by atoms with E-state index in [1.807, 2.05) is 18.2 Å². The average Bonchev–Trinajstić information content (AvgIpc) is 2.83. The third-order valence-corrected chi connectivity index (χ3v) is 5.01. The Hall–Kier alpha value is -3.71. The van der Waals surface area contributed by atoms with E-state index in [1.54, 1.807) is 30.3 Å². The van der Waals surface area contributed by atoms with E-state index in [0.717, 1.165) is 5.56 Å². The molecule has 0 unspecified atom stereocenters. The van der Waals surface area contributed by atoms with E-state index in [4.69, 9.17) is 30.5 Å². The summed E-state index contributed by atoms with van der Waals surface area (Å²) in [4.78, 5) is 25.0. The standard InChI is InChI=1S/C24H22ClNO6/c1-29-21-12-18(24(28)31-3)20(13-22(21)30-2)26-23(27)15-8-10-17(11-9-15)32-14-16-6-4-5-7-19(16)25/h4-13H,14H2,1-3H3,(H,26,27). The van der Waals surface area contributed by atoms with Gasteiger partial charge in [-0.25, -0.2) is 4.79 Å². The van der Waals surface area contributed by atoms with Crippen LogP contribution in [0.4, 0.5) is 5.69 Å². The van der Waals surface area contributed by atoms with Gasteiger partial charge in [0, 0.05) is 28.3 Å². The second-order valence-electron chi connectivity index (χ2n) is 6.60. The van der Waals surface area contributed by atoms with Crippen molar-refractivity contribution in [2.45, 2.75) is 6.61 Å². The molecular weight excluding hydrogens is 434 g/mol. The van der Waals surface area contributed by atoms with Crippen LogP contribution in [0.15, 0.2) is 60.7 Å². The summed E-state index contributed by atoms with van der Waals surface area (Å²) in [7, 11) is 4.17. The highest BCUT2D eigenvalue weighted by atomic mass is 35.5. The normalized spacial score (nSPS) is 10.2. The predicted octanol–water partition coefficient (Wildman–Crippen LogP) is 4.98. The first-order valence-electron chi connectivity index (χ1n) is 9.58. The lowest BCUT2D eigenvalue weighted by molar-refractivity contribution is 0.0601. The fraction of sp³-hybridized carbons (Fsp3) is 0.167. The number of benzene rings is 3. The number of methoxy groups -OCH3 is 3. The molecule has 0 saturated carbocycles. The first kappa shape index (κ1) is 23.0. The molecule has 32 heavy (non-hydrogen) atoms. The summed E-state index contributed by atoms with van der Waals surface area (Å²) in [6.07, 6.45) is 0. The molecule has 0 bridgehead atoms. The molecule has 3 aromatic rings. The molecule has 0 radical (unpaired) electrons. The van der Waals surface area contributed by atoms with Crippen LogP contribution in [0.2, 0.25) is 5.02 Å². The maximum Gasteiger partial charge on any atom is 0.340 e. The second kappa shape index (κ2) is 10.5. The topological polar surface area (TPSA) is 83.1 Å². The highest BCUT2D eigenvalue weighted by molar-refractivity contribution is 6.31. The predicted molar refractivity (Wildman–Crippen MR) is 121 cm³/mol. The Morgan fingerprint density at radius 1 is 0.906 bits per heavy atom. The van der Waals surface area contributed by atoms with Crippen LogP contribution in [0, 0.1) is 0 Å². The Balaban J connectivity index is 1.75. The molecule has 0 atom stereocenters. The van der Waals surface area contributed by atoms with Gasteiger partial charge in [0.1, 0.15) is 12.4 Å². The number of esters is 1. The fourth-order valence-electron chi connectivity index (χ4n) is 2.93. The lowest BCUT2D eigenvalue weighted by atomic mass is 10.1. The van der Waals surface area contributed by atoms with Crippen LogP contribution in [0.5, 0.6) is 17.2 Å². The first-order valence-corrected chi connectivity index (χ1v) is 9.96. The molecule has 0 aliphatic carbocycles. The zero-order valence-corrected chi connectivity index (χ0v) is 18.6. The molecule has 1 N–H and O–H groups in total. The van der Waals surface area contributed by atoms with Gasteiger partial charge in [-0.05, 0) is 30.3 Å². The molecule has 1 amide bonds. The van der Waals surface area contributed by atoms with E-state index < -0.39 is 11.9 Å². The number of ether oxygens (including phenoxy) is 4. The molecule has 0 spiro atoms. The summed E-state index contributed by atoms with van der Waals surface area (Å²) in [5.74, 6) is 0.247. The Bertz CT molecular complexity index is 1110. The third-order valence-electron chi connectivity index (χ3n) is 4.65. The molecule has 0 saturated heterocycles. The minimum atomic E-state index is -0.621. The van der Waals surface area contributed by atoms with E-state index in [0.29, 0.717) is 34.4 Å². The van der Waals surface area contributed by atoms with Crippen LogP contribution in [0.1, 0.15) is 26.3 Å². The van der Waals surface area contributed by atoms with Crippen LogP contribution in [-0.4, -0.2) is 33.2 Å². The van der Waals surface area contributed by atoms with E-state index >= 15 is 0 Å². The van der Waals surface area contributed by atoms with Crippen LogP contribution in [-0.2, 0) is 11.3 Å². The highest BCUT2D eigenvalue weighted by Gasteiger charge is 2.19. The Kier molecular flexibility index (Phi) is 7.57.